The minimum Gasteiger partial charge on any atom is -0.347 e. The number of carbonyl (C=O) groups excluding carboxylic acids is 1. The molecule has 1 atom stereocenters. The van der Waals surface area contributed by atoms with Gasteiger partial charge in [-0.1, -0.05) is 60.7 Å². The zero-order valence-electron chi connectivity index (χ0n) is 13.5. The van der Waals surface area contributed by atoms with Gasteiger partial charge in [-0.25, -0.2) is 0 Å². The molecule has 0 aliphatic heterocycles. The lowest BCUT2D eigenvalue weighted by Crippen LogP contribution is -2.33. The molecule has 1 aromatic heterocycles. The minimum absolute atomic E-state index is 0.00795. The predicted octanol–water partition coefficient (Wildman–Crippen LogP) is 2.25. The lowest BCUT2D eigenvalue weighted by molar-refractivity contribution is -0.122. The molecule has 0 bridgehead atoms. The van der Waals surface area contributed by atoms with Crippen LogP contribution in [0.5, 0.6) is 0 Å². The first-order valence-electron chi connectivity index (χ1n) is 7.92. The lowest BCUT2D eigenvalue weighted by Gasteiger charge is -2.19. The van der Waals surface area contributed by atoms with Crippen LogP contribution in [0.1, 0.15) is 23.0 Å². The Morgan fingerprint density at radius 3 is 2.48 bits per heavy atom. The van der Waals surface area contributed by atoms with Gasteiger partial charge in [0.15, 0.2) is 0 Å². The van der Waals surface area contributed by atoms with Gasteiger partial charge in [0.2, 0.25) is 11.7 Å². The molecular weight excluding hydrogens is 314 g/mol. The van der Waals surface area contributed by atoms with E-state index in [0.717, 1.165) is 11.1 Å². The third-order valence-electron chi connectivity index (χ3n) is 3.85. The predicted molar refractivity (Wildman–Crippen MR) is 92.2 cm³/mol. The Labute approximate surface area is 145 Å². The van der Waals surface area contributed by atoms with Crippen molar-refractivity contribution in [1.82, 2.24) is 20.1 Å². The van der Waals surface area contributed by atoms with Crippen LogP contribution in [-0.2, 0) is 17.8 Å². The van der Waals surface area contributed by atoms with Gasteiger partial charge >= 0.3 is 0 Å². The maximum Gasteiger partial charge on any atom is 0.240 e. The summed E-state index contributed by atoms with van der Waals surface area (Å²) in [5.41, 5.74) is 2.17. The Balaban J connectivity index is 1.75. The second-order valence-corrected chi connectivity index (χ2v) is 5.61. The van der Waals surface area contributed by atoms with Gasteiger partial charge in [0.1, 0.15) is 18.9 Å². The highest BCUT2D eigenvalue weighted by atomic mass is 16.2. The number of rotatable bonds is 6. The molecule has 3 rings (SSSR count). The van der Waals surface area contributed by atoms with Gasteiger partial charge in [-0.15, -0.1) is 10.2 Å². The molecule has 0 aliphatic carbocycles. The topological polar surface area (TPSA) is 83.6 Å². The average Bonchev–Trinajstić information content (AvgIpc) is 3.10. The Bertz CT molecular complexity index is 868. The lowest BCUT2D eigenvalue weighted by atomic mass is 9.99. The molecule has 1 N–H and O–H groups in total. The van der Waals surface area contributed by atoms with E-state index >= 15 is 0 Å². The number of aromatic nitrogens is 3. The monoisotopic (exact) mass is 331 g/mol. The molecule has 0 saturated carbocycles. The smallest absolute Gasteiger partial charge is 0.240 e. The molecule has 1 unspecified atom stereocenters. The van der Waals surface area contributed by atoms with E-state index in [2.05, 4.69) is 15.5 Å². The minimum atomic E-state index is -0.193. The van der Waals surface area contributed by atoms with Crippen LogP contribution in [0, 0.1) is 11.3 Å². The van der Waals surface area contributed by atoms with E-state index in [4.69, 9.17) is 5.26 Å². The SMILES string of the molecule is N#Cc1nncn1CC(=O)NC(Cc1ccccc1)c1ccccc1. The van der Waals surface area contributed by atoms with Crippen LogP contribution in [0.3, 0.4) is 0 Å². The number of carbonyl (C=O) groups is 1. The van der Waals surface area contributed by atoms with Crippen molar-refractivity contribution in [3.8, 4) is 6.07 Å². The second kappa shape index (κ2) is 7.88. The quantitative estimate of drug-likeness (QED) is 0.751. The fourth-order valence-electron chi connectivity index (χ4n) is 2.64. The molecule has 0 aliphatic rings. The third kappa shape index (κ3) is 4.30. The molecule has 3 aromatic rings. The van der Waals surface area contributed by atoms with Crippen LogP contribution in [0.2, 0.25) is 0 Å². The number of hydrogen-bond donors (Lipinski definition) is 1. The highest BCUT2D eigenvalue weighted by molar-refractivity contribution is 5.76. The van der Waals surface area contributed by atoms with E-state index < -0.39 is 0 Å². The van der Waals surface area contributed by atoms with Crippen molar-refractivity contribution < 1.29 is 4.79 Å². The van der Waals surface area contributed by atoms with Gasteiger partial charge in [0.25, 0.3) is 0 Å². The van der Waals surface area contributed by atoms with Crippen LogP contribution in [0.25, 0.3) is 0 Å². The number of nitrogens with zero attached hydrogens (tertiary/aromatic N) is 4. The Hall–Kier alpha value is -3.46. The summed E-state index contributed by atoms with van der Waals surface area (Å²) >= 11 is 0. The average molecular weight is 331 g/mol. The molecule has 25 heavy (non-hydrogen) atoms. The maximum absolute atomic E-state index is 12.5. The van der Waals surface area contributed by atoms with E-state index in [1.807, 2.05) is 66.7 Å². The van der Waals surface area contributed by atoms with Crippen molar-refractivity contribution in [2.75, 3.05) is 0 Å². The summed E-state index contributed by atoms with van der Waals surface area (Å²) in [7, 11) is 0. The van der Waals surface area contributed by atoms with Gasteiger partial charge in [0, 0.05) is 0 Å². The Kier molecular flexibility index (Phi) is 5.17. The van der Waals surface area contributed by atoms with Crippen LogP contribution in [0.4, 0.5) is 0 Å². The number of hydrogen-bond acceptors (Lipinski definition) is 4. The van der Waals surface area contributed by atoms with E-state index in [1.165, 1.54) is 10.9 Å². The fourth-order valence-corrected chi connectivity index (χ4v) is 2.64. The summed E-state index contributed by atoms with van der Waals surface area (Å²) in [6, 6.07) is 21.6. The van der Waals surface area contributed by atoms with E-state index in [-0.39, 0.29) is 24.3 Å². The molecular formula is C19H17N5O. The molecule has 1 amide bonds. The number of nitriles is 1. The highest BCUT2D eigenvalue weighted by Gasteiger charge is 2.16. The largest absolute Gasteiger partial charge is 0.347 e. The molecule has 6 nitrogen and oxygen atoms in total. The standard InChI is InChI=1S/C19H17N5O/c20-12-18-23-21-14-24(18)13-19(25)22-17(16-9-5-2-6-10-16)11-15-7-3-1-4-8-15/h1-10,14,17H,11,13H2,(H,22,25). The summed E-state index contributed by atoms with van der Waals surface area (Å²) in [4.78, 5) is 12.5. The highest BCUT2D eigenvalue weighted by Crippen LogP contribution is 2.18. The molecule has 0 spiro atoms. The second-order valence-electron chi connectivity index (χ2n) is 5.61. The van der Waals surface area contributed by atoms with Crippen LogP contribution >= 0.6 is 0 Å². The zero-order chi connectivity index (χ0) is 17.5. The molecule has 0 saturated heterocycles. The van der Waals surface area contributed by atoms with Gasteiger partial charge in [0.05, 0.1) is 6.04 Å². The number of amides is 1. The van der Waals surface area contributed by atoms with Gasteiger partial charge < -0.3 is 5.32 Å². The zero-order valence-corrected chi connectivity index (χ0v) is 13.5. The first-order valence-corrected chi connectivity index (χ1v) is 7.92. The number of nitrogens with one attached hydrogen (secondary N) is 1. The molecule has 0 radical (unpaired) electrons. The third-order valence-corrected chi connectivity index (χ3v) is 3.85. The molecule has 0 fully saturated rings. The van der Waals surface area contributed by atoms with Crippen LogP contribution in [0.15, 0.2) is 67.0 Å². The molecule has 1 heterocycles. The van der Waals surface area contributed by atoms with Crippen molar-refractivity contribution >= 4 is 5.91 Å². The Morgan fingerprint density at radius 2 is 1.80 bits per heavy atom. The van der Waals surface area contributed by atoms with Crippen molar-refractivity contribution in [2.24, 2.45) is 0 Å². The van der Waals surface area contributed by atoms with E-state index in [1.54, 1.807) is 0 Å². The molecule has 2 aromatic carbocycles. The first kappa shape index (κ1) is 16.4. The van der Waals surface area contributed by atoms with Crippen LogP contribution in [-0.4, -0.2) is 20.7 Å². The summed E-state index contributed by atoms with van der Waals surface area (Å²) in [5.74, 6) is -0.0736. The van der Waals surface area contributed by atoms with Crippen molar-refractivity contribution in [3.63, 3.8) is 0 Å². The van der Waals surface area contributed by atoms with Crippen molar-refractivity contribution in [2.45, 2.75) is 19.0 Å². The Morgan fingerprint density at radius 1 is 1.12 bits per heavy atom. The summed E-state index contributed by atoms with van der Waals surface area (Å²) in [6.45, 7) is 0.00795. The summed E-state index contributed by atoms with van der Waals surface area (Å²) in [5, 5.41) is 19.3. The van der Waals surface area contributed by atoms with E-state index in [0.29, 0.717) is 6.42 Å². The van der Waals surface area contributed by atoms with Gasteiger partial charge in [-0.05, 0) is 17.5 Å². The maximum atomic E-state index is 12.5. The summed E-state index contributed by atoms with van der Waals surface area (Å²) < 4.78 is 1.43. The van der Waals surface area contributed by atoms with Crippen molar-refractivity contribution in [3.05, 3.63) is 83.9 Å². The normalized spacial score (nSPS) is 11.5. The fraction of sp³-hybridized carbons (Fsp3) is 0.158. The number of benzene rings is 2. The van der Waals surface area contributed by atoms with E-state index in [9.17, 15) is 4.79 Å². The summed E-state index contributed by atoms with van der Waals surface area (Å²) in [6.07, 6.45) is 2.07. The van der Waals surface area contributed by atoms with Crippen LogP contribution < -0.4 is 5.32 Å². The van der Waals surface area contributed by atoms with Gasteiger partial charge in [-0.2, -0.15) is 5.26 Å². The first-order chi connectivity index (χ1) is 12.3. The molecule has 124 valence electrons. The molecule has 6 heteroatoms. The van der Waals surface area contributed by atoms with Gasteiger partial charge in [-0.3, -0.25) is 9.36 Å². The van der Waals surface area contributed by atoms with Crippen molar-refractivity contribution in [1.29, 1.82) is 5.26 Å².